The molecule has 0 bridgehead atoms. The molecule has 1 atom stereocenters. The Bertz CT molecular complexity index is 398. The third-order valence-electron chi connectivity index (χ3n) is 2.97. The van der Waals surface area contributed by atoms with Crippen molar-refractivity contribution in [3.05, 3.63) is 0 Å². The first kappa shape index (κ1) is 20.0. The molecule has 0 aromatic carbocycles. The fourth-order valence-corrected chi connectivity index (χ4v) is 1.79. The average Bonchev–Trinajstić information content (AvgIpc) is 2.43. The van der Waals surface area contributed by atoms with Crippen molar-refractivity contribution in [3.8, 4) is 0 Å². The van der Waals surface area contributed by atoms with Crippen LogP contribution in [0.25, 0.3) is 0 Å². The number of rotatable bonds is 12. The van der Waals surface area contributed by atoms with E-state index in [0.717, 1.165) is 0 Å². The minimum Gasteiger partial charge on any atom is -0.481 e. The van der Waals surface area contributed by atoms with Crippen molar-refractivity contribution in [2.75, 3.05) is 20.1 Å². The van der Waals surface area contributed by atoms with E-state index in [1.807, 2.05) is 0 Å². The number of carboxylic acids is 1. The smallest absolute Gasteiger partial charge is 0.303 e. The SMILES string of the molecule is CNCC(=O)N[C@@H](CCCCNC(=O)CCC(=O)O)C(C)=O. The van der Waals surface area contributed by atoms with E-state index in [2.05, 4.69) is 16.0 Å². The molecule has 0 aliphatic rings. The third-order valence-corrected chi connectivity index (χ3v) is 2.97. The second-order valence-electron chi connectivity index (χ2n) is 5.00. The number of carbonyl (C=O) groups excluding carboxylic acids is 3. The first-order valence-electron chi connectivity index (χ1n) is 7.29. The summed E-state index contributed by atoms with van der Waals surface area (Å²) in [5.74, 6) is -1.63. The Labute approximate surface area is 130 Å². The maximum Gasteiger partial charge on any atom is 0.303 e. The number of unbranched alkanes of at least 4 members (excludes halogenated alkanes) is 1. The average molecular weight is 315 g/mol. The van der Waals surface area contributed by atoms with E-state index in [9.17, 15) is 19.2 Å². The summed E-state index contributed by atoms with van der Waals surface area (Å²) in [6.07, 6.45) is 1.62. The first-order valence-corrected chi connectivity index (χ1v) is 7.29. The van der Waals surface area contributed by atoms with E-state index in [1.54, 1.807) is 7.05 Å². The number of nitrogens with one attached hydrogen (secondary N) is 3. The molecule has 0 rings (SSSR count). The van der Waals surface area contributed by atoms with Gasteiger partial charge < -0.3 is 21.1 Å². The van der Waals surface area contributed by atoms with Crippen LogP contribution in [0.4, 0.5) is 0 Å². The Hall–Kier alpha value is -1.96. The summed E-state index contributed by atoms with van der Waals surface area (Å²) in [5, 5.41) is 16.4. The minimum atomic E-state index is -1.00. The second-order valence-corrected chi connectivity index (χ2v) is 5.00. The number of Topliss-reactive ketones (excluding diaryl/α,β-unsaturated/α-hetero) is 1. The van der Waals surface area contributed by atoms with Crippen molar-refractivity contribution in [2.45, 2.75) is 45.1 Å². The molecule has 0 radical (unpaired) electrons. The molecule has 0 aromatic heterocycles. The highest BCUT2D eigenvalue weighted by Gasteiger charge is 2.16. The topological polar surface area (TPSA) is 125 Å². The highest BCUT2D eigenvalue weighted by molar-refractivity contribution is 5.88. The molecule has 4 N–H and O–H groups in total. The van der Waals surface area contributed by atoms with Crippen molar-refractivity contribution >= 4 is 23.6 Å². The summed E-state index contributed by atoms with van der Waals surface area (Å²) in [6.45, 7) is 2.01. The lowest BCUT2D eigenvalue weighted by Crippen LogP contribution is -2.43. The molecule has 0 saturated carbocycles. The van der Waals surface area contributed by atoms with E-state index in [4.69, 9.17) is 5.11 Å². The molecule has 0 aliphatic heterocycles. The molecular formula is C14H25N3O5. The Kier molecular flexibility index (Phi) is 10.6. The Balaban J connectivity index is 3.85. The zero-order chi connectivity index (χ0) is 17.0. The van der Waals surface area contributed by atoms with Crippen LogP contribution in [0.2, 0.25) is 0 Å². The number of carboxylic acid groups (broad SMARTS) is 1. The number of aliphatic carboxylic acids is 1. The predicted octanol–water partition coefficient (Wildman–Crippen LogP) is -0.569. The van der Waals surface area contributed by atoms with Crippen LogP contribution < -0.4 is 16.0 Å². The fraction of sp³-hybridized carbons (Fsp3) is 0.714. The van der Waals surface area contributed by atoms with Gasteiger partial charge in [-0.25, -0.2) is 0 Å². The number of ketones is 1. The first-order chi connectivity index (χ1) is 10.4. The molecule has 8 heteroatoms. The Morgan fingerprint density at radius 2 is 1.73 bits per heavy atom. The van der Waals surface area contributed by atoms with E-state index < -0.39 is 12.0 Å². The van der Waals surface area contributed by atoms with E-state index in [-0.39, 0.29) is 37.0 Å². The van der Waals surface area contributed by atoms with Gasteiger partial charge in [-0.05, 0) is 33.2 Å². The van der Waals surface area contributed by atoms with Crippen molar-refractivity contribution < 1.29 is 24.3 Å². The molecule has 0 heterocycles. The van der Waals surface area contributed by atoms with Gasteiger partial charge >= 0.3 is 5.97 Å². The van der Waals surface area contributed by atoms with Crippen molar-refractivity contribution in [1.82, 2.24) is 16.0 Å². The van der Waals surface area contributed by atoms with Gasteiger partial charge in [0.15, 0.2) is 5.78 Å². The van der Waals surface area contributed by atoms with Crippen LogP contribution in [0.3, 0.4) is 0 Å². The van der Waals surface area contributed by atoms with Crippen LogP contribution in [-0.2, 0) is 19.2 Å². The van der Waals surface area contributed by atoms with Crippen LogP contribution in [0.5, 0.6) is 0 Å². The fourth-order valence-electron chi connectivity index (χ4n) is 1.79. The lowest BCUT2D eigenvalue weighted by molar-refractivity contribution is -0.138. The molecule has 8 nitrogen and oxygen atoms in total. The maximum atomic E-state index is 11.4. The highest BCUT2D eigenvalue weighted by atomic mass is 16.4. The zero-order valence-electron chi connectivity index (χ0n) is 13.1. The van der Waals surface area contributed by atoms with Crippen molar-refractivity contribution in [2.24, 2.45) is 0 Å². The van der Waals surface area contributed by atoms with E-state index in [0.29, 0.717) is 25.8 Å². The lowest BCUT2D eigenvalue weighted by Gasteiger charge is -2.15. The van der Waals surface area contributed by atoms with Gasteiger partial charge in [0, 0.05) is 13.0 Å². The molecular weight excluding hydrogens is 290 g/mol. The second kappa shape index (κ2) is 11.7. The van der Waals surface area contributed by atoms with Gasteiger partial charge in [-0.3, -0.25) is 19.2 Å². The Morgan fingerprint density at radius 3 is 2.27 bits per heavy atom. The van der Waals surface area contributed by atoms with Gasteiger partial charge in [-0.15, -0.1) is 0 Å². The van der Waals surface area contributed by atoms with Gasteiger partial charge in [0.05, 0.1) is 19.0 Å². The number of amides is 2. The van der Waals surface area contributed by atoms with Crippen LogP contribution in [0.1, 0.15) is 39.0 Å². The number of likely N-dealkylation sites (N-methyl/N-ethyl adjacent to an activating group) is 1. The number of hydrogen-bond donors (Lipinski definition) is 4. The van der Waals surface area contributed by atoms with Gasteiger partial charge in [-0.1, -0.05) is 0 Å². The van der Waals surface area contributed by atoms with Crippen LogP contribution in [0, 0.1) is 0 Å². The quantitative estimate of drug-likeness (QED) is 0.358. The summed E-state index contributed by atoms with van der Waals surface area (Å²) >= 11 is 0. The molecule has 126 valence electrons. The van der Waals surface area contributed by atoms with Crippen LogP contribution >= 0.6 is 0 Å². The van der Waals surface area contributed by atoms with E-state index >= 15 is 0 Å². The standard InChI is InChI=1S/C14H25N3O5/c1-10(18)11(17-13(20)9-15-2)5-3-4-8-16-12(19)6-7-14(21)22/h11,15H,3-9H2,1-2H3,(H,16,19)(H,17,20)(H,21,22)/t11-/m0/s1. The summed E-state index contributed by atoms with van der Waals surface area (Å²) in [5.41, 5.74) is 0. The zero-order valence-corrected chi connectivity index (χ0v) is 13.1. The summed E-state index contributed by atoms with van der Waals surface area (Å²) in [4.78, 5) is 44.5. The number of hydrogen-bond acceptors (Lipinski definition) is 5. The highest BCUT2D eigenvalue weighted by Crippen LogP contribution is 2.02. The molecule has 0 spiro atoms. The molecule has 2 amide bonds. The predicted molar refractivity (Wildman–Crippen MR) is 80.3 cm³/mol. The van der Waals surface area contributed by atoms with Gasteiger partial charge in [0.1, 0.15) is 0 Å². The van der Waals surface area contributed by atoms with Crippen LogP contribution in [-0.4, -0.2) is 54.9 Å². The van der Waals surface area contributed by atoms with Crippen molar-refractivity contribution in [3.63, 3.8) is 0 Å². The molecule has 0 unspecified atom stereocenters. The molecule has 0 aliphatic carbocycles. The van der Waals surface area contributed by atoms with Gasteiger partial charge in [-0.2, -0.15) is 0 Å². The van der Waals surface area contributed by atoms with Crippen molar-refractivity contribution in [1.29, 1.82) is 0 Å². The maximum absolute atomic E-state index is 11.4. The van der Waals surface area contributed by atoms with Gasteiger partial charge in [0.2, 0.25) is 11.8 Å². The number of carbonyl (C=O) groups is 4. The summed E-state index contributed by atoms with van der Waals surface area (Å²) < 4.78 is 0. The van der Waals surface area contributed by atoms with Crippen LogP contribution in [0.15, 0.2) is 0 Å². The lowest BCUT2D eigenvalue weighted by atomic mass is 10.1. The summed E-state index contributed by atoms with van der Waals surface area (Å²) in [6, 6.07) is -0.511. The normalized spacial score (nSPS) is 11.5. The minimum absolute atomic E-state index is 0.0362. The molecule has 0 aromatic rings. The monoisotopic (exact) mass is 315 g/mol. The van der Waals surface area contributed by atoms with E-state index in [1.165, 1.54) is 6.92 Å². The third kappa shape index (κ3) is 10.8. The summed E-state index contributed by atoms with van der Waals surface area (Å²) in [7, 11) is 1.65. The Morgan fingerprint density at radius 1 is 1.05 bits per heavy atom. The molecule has 0 fully saturated rings. The van der Waals surface area contributed by atoms with Gasteiger partial charge in [0.25, 0.3) is 0 Å². The molecule has 0 saturated heterocycles. The largest absolute Gasteiger partial charge is 0.481 e. The molecule has 22 heavy (non-hydrogen) atoms.